The van der Waals surface area contributed by atoms with E-state index in [2.05, 4.69) is 5.32 Å². The molecular weight excluding hydrogens is 498 g/mol. The Balaban J connectivity index is 2.03. The van der Waals surface area contributed by atoms with Crippen LogP contribution in [-0.2, 0) is 32.6 Å². The first-order chi connectivity index (χ1) is 18.1. The Morgan fingerprint density at radius 2 is 1.45 bits per heavy atom. The Morgan fingerprint density at radius 3 is 2.00 bits per heavy atom. The van der Waals surface area contributed by atoms with Crippen molar-refractivity contribution in [2.24, 2.45) is 0 Å². The average Bonchev–Trinajstić information content (AvgIpc) is 2.90. The smallest absolute Gasteiger partial charge is 0.244 e. The Hall–Kier alpha value is -3.65. The Labute approximate surface area is 226 Å². The van der Waals surface area contributed by atoms with Crippen molar-refractivity contribution in [3.8, 4) is 0 Å². The van der Waals surface area contributed by atoms with Crippen LogP contribution in [0.15, 0.2) is 84.9 Å². The summed E-state index contributed by atoms with van der Waals surface area (Å²) in [4.78, 5) is 29.1. The normalized spacial score (nSPS) is 12.8. The van der Waals surface area contributed by atoms with Crippen molar-refractivity contribution in [2.45, 2.75) is 52.2 Å². The van der Waals surface area contributed by atoms with Crippen LogP contribution in [0.1, 0.15) is 37.0 Å². The van der Waals surface area contributed by atoms with Gasteiger partial charge < -0.3 is 10.2 Å². The van der Waals surface area contributed by atoms with Gasteiger partial charge in [-0.15, -0.1) is 0 Å². The van der Waals surface area contributed by atoms with Crippen LogP contribution in [0.5, 0.6) is 0 Å². The van der Waals surface area contributed by atoms with Gasteiger partial charge in [0.15, 0.2) is 0 Å². The summed E-state index contributed by atoms with van der Waals surface area (Å²) in [6.07, 6.45) is 2.12. The van der Waals surface area contributed by atoms with Crippen molar-refractivity contribution in [3.63, 3.8) is 0 Å². The quantitative estimate of drug-likeness (QED) is 0.374. The molecule has 0 aliphatic heterocycles. The molecule has 1 N–H and O–H groups in total. The number of sulfonamides is 1. The van der Waals surface area contributed by atoms with Gasteiger partial charge in [-0.3, -0.25) is 13.9 Å². The molecule has 0 spiro atoms. The number of aryl methyl sites for hydroxylation is 1. The predicted octanol–water partition coefficient (Wildman–Crippen LogP) is 4.32. The lowest BCUT2D eigenvalue weighted by Gasteiger charge is -2.34. The van der Waals surface area contributed by atoms with E-state index in [0.717, 1.165) is 33.7 Å². The Kier molecular flexibility index (Phi) is 10.1. The van der Waals surface area contributed by atoms with Crippen LogP contribution in [-0.4, -0.2) is 50.0 Å². The van der Waals surface area contributed by atoms with Crippen LogP contribution in [0.25, 0.3) is 0 Å². The summed E-state index contributed by atoms with van der Waals surface area (Å²) in [5.74, 6) is -0.727. The van der Waals surface area contributed by atoms with Crippen LogP contribution in [0, 0.1) is 6.92 Å². The van der Waals surface area contributed by atoms with E-state index in [4.69, 9.17) is 0 Å². The van der Waals surface area contributed by atoms with Gasteiger partial charge in [0.25, 0.3) is 0 Å². The first-order valence-electron chi connectivity index (χ1n) is 12.8. The molecule has 8 heteroatoms. The second kappa shape index (κ2) is 13.2. The summed E-state index contributed by atoms with van der Waals surface area (Å²) in [5, 5.41) is 3.03. The van der Waals surface area contributed by atoms with E-state index < -0.39 is 28.5 Å². The molecule has 0 saturated carbocycles. The summed E-state index contributed by atoms with van der Waals surface area (Å²) in [7, 11) is -3.77. The molecule has 0 bridgehead atoms. The molecule has 0 heterocycles. The molecular formula is C30H37N3O4S. The number of benzene rings is 3. The minimum absolute atomic E-state index is 0.0751. The molecule has 3 rings (SSSR count). The van der Waals surface area contributed by atoms with Gasteiger partial charge in [0.2, 0.25) is 21.8 Å². The highest BCUT2D eigenvalue weighted by Crippen LogP contribution is 2.20. The molecule has 0 saturated heterocycles. The summed E-state index contributed by atoms with van der Waals surface area (Å²) in [6.45, 7) is 5.63. The molecule has 0 aromatic heterocycles. The van der Waals surface area contributed by atoms with E-state index >= 15 is 0 Å². The highest BCUT2D eigenvalue weighted by atomic mass is 32.2. The fourth-order valence-corrected chi connectivity index (χ4v) is 4.94. The van der Waals surface area contributed by atoms with Gasteiger partial charge >= 0.3 is 0 Å². The third kappa shape index (κ3) is 8.18. The third-order valence-corrected chi connectivity index (χ3v) is 7.61. The zero-order chi connectivity index (χ0) is 27.7. The zero-order valence-corrected chi connectivity index (χ0v) is 23.3. The molecule has 38 heavy (non-hydrogen) atoms. The highest BCUT2D eigenvalue weighted by Gasteiger charge is 2.33. The Bertz CT molecular complexity index is 1300. The van der Waals surface area contributed by atoms with Crippen molar-refractivity contribution in [1.29, 1.82) is 0 Å². The topological polar surface area (TPSA) is 86.8 Å². The molecule has 0 radical (unpaired) electrons. The number of hydrogen-bond acceptors (Lipinski definition) is 4. The lowest BCUT2D eigenvalue weighted by Crippen LogP contribution is -2.54. The number of hydrogen-bond donors (Lipinski definition) is 1. The first kappa shape index (κ1) is 28.9. The summed E-state index contributed by atoms with van der Waals surface area (Å²) in [6, 6.07) is 24.9. The maximum atomic E-state index is 14.0. The maximum absolute atomic E-state index is 14.0. The molecule has 202 valence electrons. The monoisotopic (exact) mass is 535 g/mol. The van der Waals surface area contributed by atoms with E-state index in [1.165, 1.54) is 4.90 Å². The average molecular weight is 536 g/mol. The van der Waals surface area contributed by atoms with Crippen molar-refractivity contribution >= 4 is 27.5 Å². The number of para-hydroxylation sites is 1. The minimum Gasteiger partial charge on any atom is -0.352 e. The van der Waals surface area contributed by atoms with E-state index in [9.17, 15) is 18.0 Å². The van der Waals surface area contributed by atoms with Crippen LogP contribution in [0.3, 0.4) is 0 Å². The maximum Gasteiger partial charge on any atom is 0.244 e. The van der Waals surface area contributed by atoms with E-state index in [0.29, 0.717) is 12.1 Å². The number of nitrogens with zero attached hydrogens (tertiary/aromatic N) is 2. The SMILES string of the molecule is CCC(C)NC(=O)C(Cc1ccccc1)N(Cc1ccc(C)cc1)C(=O)CN(c1ccccc1)S(C)(=O)=O. The third-order valence-electron chi connectivity index (χ3n) is 6.47. The molecule has 2 amide bonds. The van der Waals surface area contributed by atoms with Gasteiger partial charge in [0.05, 0.1) is 11.9 Å². The number of carbonyl (C=O) groups excluding carboxylic acids is 2. The summed E-state index contributed by atoms with van der Waals surface area (Å²) < 4.78 is 26.6. The van der Waals surface area contributed by atoms with Gasteiger partial charge in [-0.2, -0.15) is 0 Å². The molecule has 2 unspecified atom stereocenters. The van der Waals surface area contributed by atoms with Gasteiger partial charge in [0, 0.05) is 19.0 Å². The van der Waals surface area contributed by atoms with Crippen molar-refractivity contribution in [2.75, 3.05) is 17.1 Å². The van der Waals surface area contributed by atoms with Gasteiger partial charge in [-0.05, 0) is 43.5 Å². The van der Waals surface area contributed by atoms with E-state index in [-0.39, 0.29) is 18.5 Å². The lowest BCUT2D eigenvalue weighted by molar-refractivity contribution is -0.140. The number of nitrogens with one attached hydrogen (secondary N) is 1. The lowest BCUT2D eigenvalue weighted by atomic mass is 10.0. The predicted molar refractivity (Wildman–Crippen MR) is 152 cm³/mol. The first-order valence-corrected chi connectivity index (χ1v) is 14.7. The summed E-state index contributed by atoms with van der Waals surface area (Å²) >= 11 is 0. The molecule has 7 nitrogen and oxygen atoms in total. The van der Waals surface area contributed by atoms with Gasteiger partial charge in [-0.1, -0.05) is 85.3 Å². The largest absolute Gasteiger partial charge is 0.352 e. The standard InChI is InChI=1S/C30H37N3O4S/c1-5-24(3)31-30(35)28(20-25-12-8-6-9-13-25)32(21-26-18-16-23(2)17-19-26)29(34)22-33(38(4,36)37)27-14-10-7-11-15-27/h6-19,24,28H,5,20-22H2,1-4H3,(H,31,35). The second-order valence-electron chi connectivity index (χ2n) is 9.64. The minimum atomic E-state index is -3.77. The van der Waals surface area contributed by atoms with Crippen molar-refractivity contribution < 1.29 is 18.0 Å². The molecule has 3 aromatic carbocycles. The molecule has 0 aliphatic carbocycles. The van der Waals surface area contributed by atoms with Gasteiger partial charge in [-0.25, -0.2) is 8.42 Å². The Morgan fingerprint density at radius 1 is 0.868 bits per heavy atom. The number of carbonyl (C=O) groups is 2. The van der Waals surface area contributed by atoms with Crippen LogP contribution in [0.2, 0.25) is 0 Å². The van der Waals surface area contributed by atoms with E-state index in [1.807, 2.05) is 75.4 Å². The number of anilines is 1. The summed E-state index contributed by atoms with van der Waals surface area (Å²) in [5.41, 5.74) is 3.22. The van der Waals surface area contributed by atoms with Crippen LogP contribution < -0.4 is 9.62 Å². The van der Waals surface area contributed by atoms with Gasteiger partial charge in [0.1, 0.15) is 12.6 Å². The molecule has 2 atom stereocenters. The second-order valence-corrected chi connectivity index (χ2v) is 11.5. The van der Waals surface area contributed by atoms with Crippen molar-refractivity contribution in [1.82, 2.24) is 10.2 Å². The fourth-order valence-electron chi connectivity index (χ4n) is 4.09. The number of amides is 2. The van der Waals surface area contributed by atoms with Crippen molar-refractivity contribution in [3.05, 3.63) is 102 Å². The fraction of sp³-hybridized carbons (Fsp3) is 0.333. The molecule has 3 aromatic rings. The van der Waals surface area contributed by atoms with E-state index in [1.54, 1.807) is 30.3 Å². The number of rotatable bonds is 12. The molecule has 0 fully saturated rings. The highest BCUT2D eigenvalue weighted by molar-refractivity contribution is 7.92. The molecule has 0 aliphatic rings. The zero-order valence-electron chi connectivity index (χ0n) is 22.5. The van der Waals surface area contributed by atoms with Crippen LogP contribution >= 0.6 is 0 Å². The van der Waals surface area contributed by atoms with Crippen LogP contribution in [0.4, 0.5) is 5.69 Å².